The van der Waals surface area contributed by atoms with Crippen LogP contribution in [0, 0.1) is 0 Å². The molecule has 24 heavy (non-hydrogen) atoms. The van der Waals surface area contributed by atoms with E-state index in [2.05, 4.69) is 25.3 Å². The van der Waals surface area contributed by atoms with Crippen molar-refractivity contribution in [1.82, 2.24) is 25.3 Å². The third-order valence-corrected chi connectivity index (χ3v) is 3.28. The lowest BCUT2D eigenvalue weighted by Crippen LogP contribution is -1.88. The molecule has 0 aliphatic carbocycles. The molecule has 8 heteroatoms. The molecule has 0 fully saturated rings. The van der Waals surface area contributed by atoms with Gasteiger partial charge in [-0.2, -0.15) is 4.98 Å². The van der Waals surface area contributed by atoms with Crippen LogP contribution < -0.4 is 4.74 Å². The van der Waals surface area contributed by atoms with Crippen LogP contribution in [0.2, 0.25) is 0 Å². The molecule has 8 nitrogen and oxygen atoms in total. The van der Waals surface area contributed by atoms with Gasteiger partial charge in [-0.05, 0) is 18.2 Å². The SMILES string of the molecule is COc1ccc(-c2noc(-c3cc(-c4ccccn4)no3)n2)cn1. The molecule has 0 aliphatic heterocycles. The van der Waals surface area contributed by atoms with Gasteiger partial charge in [0.15, 0.2) is 0 Å². The molecule has 0 saturated heterocycles. The third kappa shape index (κ3) is 2.60. The molecule has 0 aromatic carbocycles. The second-order valence-electron chi connectivity index (χ2n) is 4.80. The van der Waals surface area contributed by atoms with E-state index in [4.69, 9.17) is 13.8 Å². The van der Waals surface area contributed by atoms with Crippen LogP contribution in [0.25, 0.3) is 34.4 Å². The number of rotatable bonds is 4. The van der Waals surface area contributed by atoms with E-state index in [0.29, 0.717) is 34.4 Å². The Labute approximate surface area is 136 Å². The maximum absolute atomic E-state index is 5.27. The number of methoxy groups -OCH3 is 1. The Morgan fingerprint density at radius 2 is 1.92 bits per heavy atom. The fraction of sp³-hybridized carbons (Fsp3) is 0.0625. The van der Waals surface area contributed by atoms with Crippen molar-refractivity contribution in [2.45, 2.75) is 0 Å². The molecule has 0 saturated carbocycles. The first-order chi connectivity index (χ1) is 11.8. The van der Waals surface area contributed by atoms with Gasteiger partial charge < -0.3 is 13.8 Å². The zero-order valence-electron chi connectivity index (χ0n) is 12.6. The molecule has 4 rings (SSSR count). The minimum absolute atomic E-state index is 0.232. The van der Waals surface area contributed by atoms with Gasteiger partial charge in [0.25, 0.3) is 5.89 Å². The van der Waals surface area contributed by atoms with Crippen molar-refractivity contribution in [3.8, 4) is 40.3 Å². The minimum atomic E-state index is 0.232. The second kappa shape index (κ2) is 5.92. The molecule has 0 spiro atoms. The maximum atomic E-state index is 5.27. The number of nitrogens with zero attached hydrogens (tertiary/aromatic N) is 5. The van der Waals surface area contributed by atoms with Gasteiger partial charge in [0.1, 0.15) is 5.69 Å². The number of pyridine rings is 2. The number of hydrogen-bond acceptors (Lipinski definition) is 8. The van der Waals surface area contributed by atoms with E-state index in [9.17, 15) is 0 Å². The topological polar surface area (TPSA) is 100.0 Å². The molecule has 0 atom stereocenters. The summed E-state index contributed by atoms with van der Waals surface area (Å²) in [6.07, 6.45) is 3.29. The van der Waals surface area contributed by atoms with E-state index < -0.39 is 0 Å². The lowest BCUT2D eigenvalue weighted by Gasteiger charge is -1.97. The molecule has 0 amide bonds. The summed E-state index contributed by atoms with van der Waals surface area (Å²) in [6, 6.07) is 10.8. The van der Waals surface area contributed by atoms with Crippen LogP contribution in [-0.2, 0) is 0 Å². The summed E-state index contributed by atoms with van der Waals surface area (Å²) in [5, 5.41) is 7.90. The van der Waals surface area contributed by atoms with Gasteiger partial charge in [0, 0.05) is 30.1 Å². The highest BCUT2D eigenvalue weighted by molar-refractivity contribution is 5.61. The molecular formula is C16H11N5O3. The van der Waals surface area contributed by atoms with Crippen molar-refractivity contribution in [3.63, 3.8) is 0 Å². The summed E-state index contributed by atoms with van der Waals surface area (Å²) in [5.41, 5.74) is 2.00. The quantitative estimate of drug-likeness (QED) is 0.565. The van der Waals surface area contributed by atoms with E-state index in [1.807, 2.05) is 18.2 Å². The standard InChI is InChI=1S/C16H11N5O3/c1-22-14-6-5-10(9-18-14)15-19-16(24-21-15)13-8-12(20-23-13)11-4-2-3-7-17-11/h2-9H,1H3. The fourth-order valence-corrected chi connectivity index (χ4v) is 2.09. The van der Waals surface area contributed by atoms with Gasteiger partial charge in [-0.3, -0.25) is 4.98 Å². The van der Waals surface area contributed by atoms with Crippen LogP contribution in [-0.4, -0.2) is 32.4 Å². The average molecular weight is 321 g/mol. The van der Waals surface area contributed by atoms with E-state index in [-0.39, 0.29) is 5.89 Å². The zero-order chi connectivity index (χ0) is 16.4. The summed E-state index contributed by atoms with van der Waals surface area (Å²) >= 11 is 0. The largest absolute Gasteiger partial charge is 0.481 e. The van der Waals surface area contributed by atoms with Crippen LogP contribution in [0.5, 0.6) is 5.88 Å². The highest BCUT2D eigenvalue weighted by atomic mass is 16.5. The van der Waals surface area contributed by atoms with Crippen molar-refractivity contribution in [3.05, 3.63) is 48.8 Å². The summed E-state index contributed by atoms with van der Waals surface area (Å²) in [5.74, 6) is 1.51. The van der Waals surface area contributed by atoms with Crippen molar-refractivity contribution in [2.75, 3.05) is 7.11 Å². The van der Waals surface area contributed by atoms with Gasteiger partial charge in [0.05, 0.1) is 12.8 Å². The lowest BCUT2D eigenvalue weighted by atomic mass is 10.2. The van der Waals surface area contributed by atoms with E-state index >= 15 is 0 Å². The van der Waals surface area contributed by atoms with Crippen LogP contribution in [0.3, 0.4) is 0 Å². The summed E-state index contributed by atoms with van der Waals surface area (Å²) in [7, 11) is 1.55. The first-order valence-corrected chi connectivity index (χ1v) is 7.06. The summed E-state index contributed by atoms with van der Waals surface area (Å²) in [6.45, 7) is 0. The Kier molecular flexibility index (Phi) is 3.47. The van der Waals surface area contributed by atoms with Gasteiger partial charge >= 0.3 is 0 Å². The Balaban J connectivity index is 1.62. The van der Waals surface area contributed by atoms with Gasteiger partial charge in [0.2, 0.25) is 17.5 Å². The van der Waals surface area contributed by atoms with Crippen molar-refractivity contribution in [2.24, 2.45) is 0 Å². The van der Waals surface area contributed by atoms with E-state index in [1.165, 1.54) is 0 Å². The Morgan fingerprint density at radius 3 is 2.67 bits per heavy atom. The summed E-state index contributed by atoms with van der Waals surface area (Å²) < 4.78 is 15.5. The van der Waals surface area contributed by atoms with Crippen LogP contribution in [0.15, 0.2) is 57.8 Å². The normalized spacial score (nSPS) is 10.7. The highest BCUT2D eigenvalue weighted by Crippen LogP contribution is 2.26. The third-order valence-electron chi connectivity index (χ3n) is 3.28. The highest BCUT2D eigenvalue weighted by Gasteiger charge is 2.16. The lowest BCUT2D eigenvalue weighted by molar-refractivity contribution is 0.386. The maximum Gasteiger partial charge on any atom is 0.296 e. The van der Waals surface area contributed by atoms with Gasteiger partial charge in [-0.15, -0.1) is 0 Å². The Hall–Kier alpha value is -3.55. The first-order valence-electron chi connectivity index (χ1n) is 7.06. The van der Waals surface area contributed by atoms with Gasteiger partial charge in [-0.1, -0.05) is 16.4 Å². The predicted octanol–water partition coefficient (Wildman–Crippen LogP) is 2.86. The number of ether oxygens (including phenoxy) is 1. The number of hydrogen-bond donors (Lipinski definition) is 0. The monoisotopic (exact) mass is 321 g/mol. The van der Waals surface area contributed by atoms with Crippen LogP contribution in [0.4, 0.5) is 0 Å². The van der Waals surface area contributed by atoms with Crippen molar-refractivity contribution < 1.29 is 13.8 Å². The summed E-state index contributed by atoms with van der Waals surface area (Å²) in [4.78, 5) is 12.6. The molecule has 0 bridgehead atoms. The number of aromatic nitrogens is 5. The molecule has 0 unspecified atom stereocenters. The molecule has 4 aromatic heterocycles. The van der Waals surface area contributed by atoms with Crippen molar-refractivity contribution >= 4 is 0 Å². The molecule has 0 N–H and O–H groups in total. The van der Waals surface area contributed by atoms with Crippen LogP contribution >= 0.6 is 0 Å². The second-order valence-corrected chi connectivity index (χ2v) is 4.80. The Bertz CT molecular complexity index is 947. The molecular weight excluding hydrogens is 310 g/mol. The average Bonchev–Trinajstić information content (AvgIpc) is 3.32. The van der Waals surface area contributed by atoms with Crippen LogP contribution in [0.1, 0.15) is 0 Å². The molecule has 0 aliphatic rings. The van der Waals surface area contributed by atoms with E-state index in [1.54, 1.807) is 37.7 Å². The van der Waals surface area contributed by atoms with E-state index in [0.717, 1.165) is 0 Å². The molecule has 4 aromatic rings. The molecule has 4 heterocycles. The zero-order valence-corrected chi connectivity index (χ0v) is 12.6. The predicted molar refractivity (Wildman–Crippen MR) is 82.8 cm³/mol. The van der Waals surface area contributed by atoms with Crippen molar-refractivity contribution in [1.29, 1.82) is 0 Å². The molecule has 0 radical (unpaired) electrons. The smallest absolute Gasteiger partial charge is 0.296 e. The van der Waals surface area contributed by atoms with Gasteiger partial charge in [-0.25, -0.2) is 4.98 Å². The first kappa shape index (κ1) is 14.1. The fourth-order valence-electron chi connectivity index (χ4n) is 2.09. The Morgan fingerprint density at radius 1 is 0.958 bits per heavy atom. The minimum Gasteiger partial charge on any atom is -0.481 e. The molecule has 118 valence electrons.